The Balaban J connectivity index is 2.16. The molecule has 2 amide bonds. The molecule has 1 aromatic carbocycles. The van der Waals surface area contributed by atoms with Gasteiger partial charge in [0, 0.05) is 11.0 Å². The predicted octanol–water partition coefficient (Wildman–Crippen LogP) is 2.32. The van der Waals surface area contributed by atoms with Crippen molar-refractivity contribution in [3.05, 3.63) is 34.3 Å². The van der Waals surface area contributed by atoms with Gasteiger partial charge >= 0.3 is 0 Å². The molecule has 1 saturated heterocycles. The number of amides is 2. The zero-order valence-electron chi connectivity index (χ0n) is 11.7. The maximum absolute atomic E-state index is 12.5. The van der Waals surface area contributed by atoms with Crippen molar-refractivity contribution in [1.82, 2.24) is 10.2 Å². The Morgan fingerprint density at radius 3 is 2.75 bits per heavy atom. The van der Waals surface area contributed by atoms with E-state index in [0.717, 1.165) is 16.5 Å². The molecule has 0 aromatic heterocycles. The van der Waals surface area contributed by atoms with Gasteiger partial charge < -0.3 is 10.2 Å². The van der Waals surface area contributed by atoms with Crippen LogP contribution in [0.15, 0.2) is 28.7 Å². The van der Waals surface area contributed by atoms with Gasteiger partial charge in [-0.2, -0.15) is 0 Å². The minimum absolute atomic E-state index is 0.00898. The lowest BCUT2D eigenvalue weighted by Crippen LogP contribution is -2.59. The van der Waals surface area contributed by atoms with Crippen LogP contribution in [0.3, 0.4) is 0 Å². The number of hydrogen-bond acceptors (Lipinski definition) is 2. The molecule has 0 bridgehead atoms. The van der Waals surface area contributed by atoms with Gasteiger partial charge in [-0.3, -0.25) is 9.59 Å². The second-order valence-electron chi connectivity index (χ2n) is 5.22. The summed E-state index contributed by atoms with van der Waals surface area (Å²) in [5.74, 6) is 0.0742. The highest BCUT2D eigenvalue weighted by Gasteiger charge is 2.35. The highest BCUT2D eigenvalue weighted by Crippen LogP contribution is 2.21. The first-order valence-electron chi connectivity index (χ1n) is 6.84. The predicted molar refractivity (Wildman–Crippen MR) is 80.9 cm³/mol. The average Bonchev–Trinajstić information content (AvgIpc) is 2.44. The summed E-state index contributed by atoms with van der Waals surface area (Å²) in [7, 11) is 0. The molecule has 1 fully saturated rings. The quantitative estimate of drug-likeness (QED) is 0.915. The molecule has 2 rings (SSSR count). The molecule has 1 heterocycles. The zero-order valence-corrected chi connectivity index (χ0v) is 13.3. The van der Waals surface area contributed by atoms with Gasteiger partial charge in [-0.05, 0) is 17.5 Å². The SMILES string of the molecule is CCC(C)C1NC(=O)CN(Cc2ccccc2Br)C1=O. The summed E-state index contributed by atoms with van der Waals surface area (Å²) in [6.45, 7) is 4.61. The lowest BCUT2D eigenvalue weighted by Gasteiger charge is -2.35. The van der Waals surface area contributed by atoms with Crippen LogP contribution in [0.1, 0.15) is 25.8 Å². The van der Waals surface area contributed by atoms with Crippen LogP contribution in [0.2, 0.25) is 0 Å². The summed E-state index contributed by atoms with van der Waals surface area (Å²) in [6.07, 6.45) is 0.861. The summed E-state index contributed by atoms with van der Waals surface area (Å²) in [5, 5.41) is 2.81. The normalized spacial score (nSPS) is 20.8. The molecule has 0 radical (unpaired) electrons. The molecule has 1 aliphatic heterocycles. The van der Waals surface area contributed by atoms with Crippen LogP contribution in [0.25, 0.3) is 0 Å². The summed E-state index contributed by atoms with van der Waals surface area (Å²) in [5.41, 5.74) is 1.01. The number of rotatable bonds is 4. The van der Waals surface area contributed by atoms with Gasteiger partial charge in [0.15, 0.2) is 0 Å². The summed E-state index contributed by atoms with van der Waals surface area (Å²) < 4.78 is 0.957. The van der Waals surface area contributed by atoms with Crippen LogP contribution in [0, 0.1) is 5.92 Å². The van der Waals surface area contributed by atoms with Crippen molar-refractivity contribution in [2.24, 2.45) is 5.92 Å². The van der Waals surface area contributed by atoms with E-state index in [1.807, 2.05) is 38.1 Å². The number of piperazine rings is 1. The van der Waals surface area contributed by atoms with E-state index < -0.39 is 6.04 Å². The fourth-order valence-electron chi connectivity index (χ4n) is 2.32. The van der Waals surface area contributed by atoms with E-state index in [1.54, 1.807) is 4.90 Å². The fraction of sp³-hybridized carbons (Fsp3) is 0.467. The lowest BCUT2D eigenvalue weighted by atomic mass is 9.96. The largest absolute Gasteiger partial charge is 0.342 e. The highest BCUT2D eigenvalue weighted by atomic mass is 79.9. The topological polar surface area (TPSA) is 49.4 Å². The Morgan fingerprint density at radius 1 is 1.40 bits per heavy atom. The van der Waals surface area contributed by atoms with Crippen LogP contribution >= 0.6 is 15.9 Å². The van der Waals surface area contributed by atoms with E-state index >= 15 is 0 Å². The first-order chi connectivity index (χ1) is 9.52. The van der Waals surface area contributed by atoms with Gasteiger partial charge in [0.2, 0.25) is 11.8 Å². The van der Waals surface area contributed by atoms with Crippen molar-refractivity contribution in [3.8, 4) is 0 Å². The molecule has 1 N–H and O–H groups in total. The Bertz CT molecular complexity index is 518. The molecule has 5 heteroatoms. The number of benzene rings is 1. The number of carbonyl (C=O) groups is 2. The van der Waals surface area contributed by atoms with E-state index in [4.69, 9.17) is 0 Å². The van der Waals surface area contributed by atoms with E-state index in [-0.39, 0.29) is 24.3 Å². The zero-order chi connectivity index (χ0) is 14.7. The minimum Gasteiger partial charge on any atom is -0.342 e. The number of nitrogens with one attached hydrogen (secondary N) is 1. The van der Waals surface area contributed by atoms with Gasteiger partial charge in [0.05, 0.1) is 6.54 Å². The van der Waals surface area contributed by atoms with Crippen molar-refractivity contribution < 1.29 is 9.59 Å². The molecular weight excluding hydrogens is 320 g/mol. The molecule has 0 saturated carbocycles. The lowest BCUT2D eigenvalue weighted by molar-refractivity contribution is -0.146. The third-order valence-electron chi connectivity index (χ3n) is 3.76. The molecule has 0 spiro atoms. The van der Waals surface area contributed by atoms with Crippen LogP contribution in [-0.2, 0) is 16.1 Å². The number of carbonyl (C=O) groups excluding carboxylic acids is 2. The maximum Gasteiger partial charge on any atom is 0.246 e. The summed E-state index contributed by atoms with van der Waals surface area (Å²) in [4.78, 5) is 25.9. The maximum atomic E-state index is 12.5. The van der Waals surface area contributed by atoms with Crippen molar-refractivity contribution in [1.29, 1.82) is 0 Å². The Kier molecular flexibility index (Phi) is 4.81. The molecule has 2 unspecified atom stereocenters. The van der Waals surface area contributed by atoms with Gasteiger partial charge in [-0.25, -0.2) is 0 Å². The molecule has 20 heavy (non-hydrogen) atoms. The van der Waals surface area contributed by atoms with E-state index in [1.165, 1.54) is 0 Å². The molecule has 0 aliphatic carbocycles. The molecule has 2 atom stereocenters. The molecule has 1 aliphatic rings. The monoisotopic (exact) mass is 338 g/mol. The summed E-state index contributed by atoms with van der Waals surface area (Å²) in [6, 6.07) is 7.36. The molecule has 4 nitrogen and oxygen atoms in total. The summed E-state index contributed by atoms with van der Waals surface area (Å²) >= 11 is 3.48. The second-order valence-corrected chi connectivity index (χ2v) is 6.07. The van der Waals surface area contributed by atoms with Crippen molar-refractivity contribution in [2.75, 3.05) is 6.54 Å². The van der Waals surface area contributed by atoms with Crippen LogP contribution in [-0.4, -0.2) is 29.3 Å². The van der Waals surface area contributed by atoms with Gasteiger partial charge in [0.25, 0.3) is 0 Å². The molecule has 108 valence electrons. The van der Waals surface area contributed by atoms with Gasteiger partial charge in [0.1, 0.15) is 6.04 Å². The smallest absolute Gasteiger partial charge is 0.246 e. The molecular formula is C15H19BrN2O2. The first kappa shape index (κ1) is 15.0. The van der Waals surface area contributed by atoms with Gasteiger partial charge in [-0.15, -0.1) is 0 Å². The van der Waals surface area contributed by atoms with E-state index in [9.17, 15) is 9.59 Å². The number of hydrogen-bond donors (Lipinski definition) is 1. The standard InChI is InChI=1S/C15H19BrN2O2/c1-3-10(2)14-15(20)18(9-13(19)17-14)8-11-6-4-5-7-12(11)16/h4-7,10,14H,3,8-9H2,1-2H3,(H,17,19). The van der Waals surface area contributed by atoms with Crippen molar-refractivity contribution >= 4 is 27.7 Å². The first-order valence-corrected chi connectivity index (χ1v) is 7.63. The minimum atomic E-state index is -0.399. The number of halogens is 1. The van der Waals surface area contributed by atoms with Crippen molar-refractivity contribution in [3.63, 3.8) is 0 Å². The Labute approximate surface area is 127 Å². The average molecular weight is 339 g/mol. The second kappa shape index (κ2) is 6.39. The van der Waals surface area contributed by atoms with Crippen LogP contribution in [0.4, 0.5) is 0 Å². The molecule has 1 aromatic rings. The Hall–Kier alpha value is -1.36. The van der Waals surface area contributed by atoms with Gasteiger partial charge in [-0.1, -0.05) is 54.4 Å². The number of nitrogens with zero attached hydrogens (tertiary/aromatic N) is 1. The van der Waals surface area contributed by atoms with Crippen molar-refractivity contribution in [2.45, 2.75) is 32.9 Å². The fourth-order valence-corrected chi connectivity index (χ4v) is 2.73. The van der Waals surface area contributed by atoms with E-state index in [0.29, 0.717) is 6.54 Å². The third-order valence-corrected chi connectivity index (χ3v) is 4.53. The van der Waals surface area contributed by atoms with Crippen LogP contribution in [0.5, 0.6) is 0 Å². The highest BCUT2D eigenvalue weighted by molar-refractivity contribution is 9.10. The van der Waals surface area contributed by atoms with E-state index in [2.05, 4.69) is 21.2 Å². The van der Waals surface area contributed by atoms with Crippen LogP contribution < -0.4 is 5.32 Å². The third kappa shape index (κ3) is 3.20. The Morgan fingerprint density at radius 2 is 2.10 bits per heavy atom.